The van der Waals surface area contributed by atoms with Crippen molar-refractivity contribution in [3.05, 3.63) is 0 Å². The maximum Gasteiger partial charge on any atom is 0.351 e. The number of esters is 1. The smallest absolute Gasteiger partial charge is 0.351 e. The number of hydrazone groups is 1. The highest BCUT2D eigenvalue weighted by Crippen LogP contribution is 1.71. The summed E-state index contributed by atoms with van der Waals surface area (Å²) in [4.78, 5) is 10.5. The Balaban J connectivity index is 3.56. The van der Waals surface area contributed by atoms with Gasteiger partial charge in [-0.1, -0.05) is 0 Å². The van der Waals surface area contributed by atoms with Gasteiger partial charge in [0, 0.05) is 0 Å². The van der Waals surface area contributed by atoms with Crippen LogP contribution >= 0.6 is 12.2 Å². The van der Waals surface area contributed by atoms with E-state index in [4.69, 9.17) is 5.73 Å². The molecule has 0 heterocycles. The SMILES string of the molecule is CCOC(=O)/C=N/NC(N)=S. The predicted octanol–water partition coefficient (Wildman–Crippen LogP) is -0.631. The van der Waals surface area contributed by atoms with E-state index in [-0.39, 0.29) is 5.11 Å². The number of hydrogen-bond acceptors (Lipinski definition) is 4. The maximum absolute atomic E-state index is 10.5. The fourth-order valence-corrected chi connectivity index (χ4v) is 0.381. The lowest BCUT2D eigenvalue weighted by atomic mass is 10.7. The molecule has 0 aromatic rings. The third-order valence-electron chi connectivity index (χ3n) is 0.631. The number of rotatable bonds is 3. The zero-order valence-electron chi connectivity index (χ0n) is 6.03. The first-order chi connectivity index (χ1) is 5.16. The molecule has 11 heavy (non-hydrogen) atoms. The lowest BCUT2D eigenvalue weighted by Crippen LogP contribution is -2.24. The number of ether oxygens (including phenoxy) is 1. The van der Waals surface area contributed by atoms with Crippen molar-refractivity contribution in [2.75, 3.05) is 6.61 Å². The first-order valence-electron chi connectivity index (χ1n) is 2.92. The first-order valence-corrected chi connectivity index (χ1v) is 3.33. The second kappa shape index (κ2) is 5.60. The van der Waals surface area contributed by atoms with Crippen LogP contribution in [0.1, 0.15) is 6.92 Å². The highest BCUT2D eigenvalue weighted by molar-refractivity contribution is 7.80. The fraction of sp³-hybridized carbons (Fsp3) is 0.400. The quantitative estimate of drug-likeness (QED) is 0.258. The molecular formula is C5H9N3O2S. The van der Waals surface area contributed by atoms with Crippen molar-refractivity contribution >= 4 is 29.5 Å². The van der Waals surface area contributed by atoms with Gasteiger partial charge in [0.2, 0.25) is 0 Å². The van der Waals surface area contributed by atoms with Crippen LogP contribution in [0.4, 0.5) is 0 Å². The molecule has 0 radical (unpaired) electrons. The molecule has 0 aliphatic carbocycles. The standard InChI is InChI=1S/C5H9N3O2S/c1-2-10-4(9)3-7-8-5(6)11/h3H,2H2,1H3,(H3,6,8,11)/b7-3+. The van der Waals surface area contributed by atoms with Crippen LogP contribution in [-0.2, 0) is 9.53 Å². The molecule has 0 rings (SSSR count). The average molecular weight is 175 g/mol. The van der Waals surface area contributed by atoms with Gasteiger partial charge >= 0.3 is 5.97 Å². The van der Waals surface area contributed by atoms with Gasteiger partial charge in [-0.3, -0.25) is 5.43 Å². The van der Waals surface area contributed by atoms with Gasteiger partial charge < -0.3 is 10.5 Å². The lowest BCUT2D eigenvalue weighted by Gasteiger charge is -1.94. The number of nitrogens with one attached hydrogen (secondary N) is 1. The summed E-state index contributed by atoms with van der Waals surface area (Å²) >= 11 is 4.41. The minimum atomic E-state index is -0.531. The van der Waals surface area contributed by atoms with Crippen molar-refractivity contribution in [2.45, 2.75) is 6.92 Å². The highest BCUT2D eigenvalue weighted by Gasteiger charge is 1.92. The Bertz CT molecular complexity index is 181. The summed E-state index contributed by atoms with van der Waals surface area (Å²) in [5.74, 6) is -0.531. The minimum Gasteiger partial charge on any atom is -0.462 e. The molecule has 0 bridgehead atoms. The van der Waals surface area contributed by atoms with Crippen LogP contribution in [0.3, 0.4) is 0 Å². The summed E-state index contributed by atoms with van der Waals surface area (Å²) in [5, 5.41) is 3.38. The van der Waals surface area contributed by atoms with Crippen molar-refractivity contribution in [1.82, 2.24) is 5.43 Å². The molecule has 0 aliphatic heterocycles. The van der Waals surface area contributed by atoms with Crippen molar-refractivity contribution in [2.24, 2.45) is 10.8 Å². The number of thiocarbonyl (C=S) groups is 1. The summed E-state index contributed by atoms with van der Waals surface area (Å²) in [6, 6.07) is 0. The summed E-state index contributed by atoms with van der Waals surface area (Å²) in [6.07, 6.45) is 0.961. The van der Waals surface area contributed by atoms with Crippen LogP contribution in [0.15, 0.2) is 5.10 Å². The van der Waals surface area contributed by atoms with E-state index in [1.807, 2.05) is 0 Å². The van der Waals surface area contributed by atoms with E-state index < -0.39 is 5.97 Å². The van der Waals surface area contributed by atoms with Gasteiger partial charge in [-0.2, -0.15) is 5.10 Å². The number of carbonyl (C=O) groups is 1. The molecule has 0 saturated carbocycles. The Labute approximate surface area is 69.6 Å². The number of hydrogen-bond donors (Lipinski definition) is 2. The molecule has 62 valence electrons. The monoisotopic (exact) mass is 175 g/mol. The highest BCUT2D eigenvalue weighted by atomic mass is 32.1. The second-order valence-electron chi connectivity index (χ2n) is 1.49. The van der Waals surface area contributed by atoms with Gasteiger partial charge in [-0.05, 0) is 19.1 Å². The zero-order valence-corrected chi connectivity index (χ0v) is 6.85. The zero-order chi connectivity index (χ0) is 8.69. The third kappa shape index (κ3) is 6.72. The summed E-state index contributed by atoms with van der Waals surface area (Å²) in [5.41, 5.74) is 7.22. The molecule has 0 amide bonds. The van der Waals surface area contributed by atoms with Crippen molar-refractivity contribution in [3.63, 3.8) is 0 Å². The molecule has 6 heteroatoms. The van der Waals surface area contributed by atoms with E-state index in [2.05, 4.69) is 27.5 Å². The van der Waals surface area contributed by atoms with E-state index in [0.29, 0.717) is 6.61 Å². The van der Waals surface area contributed by atoms with Crippen LogP contribution in [0.25, 0.3) is 0 Å². The molecule has 0 fully saturated rings. The molecular weight excluding hydrogens is 166 g/mol. The van der Waals surface area contributed by atoms with Crippen LogP contribution in [-0.4, -0.2) is 23.9 Å². The lowest BCUT2D eigenvalue weighted by molar-refractivity contribution is -0.134. The van der Waals surface area contributed by atoms with Crippen molar-refractivity contribution in [1.29, 1.82) is 0 Å². The molecule has 0 aromatic heterocycles. The van der Waals surface area contributed by atoms with E-state index in [0.717, 1.165) is 6.21 Å². The average Bonchev–Trinajstić information content (AvgIpc) is 1.87. The van der Waals surface area contributed by atoms with Crippen molar-refractivity contribution < 1.29 is 9.53 Å². The Hall–Kier alpha value is -1.17. The normalized spacial score (nSPS) is 9.55. The second-order valence-corrected chi connectivity index (χ2v) is 1.93. The summed E-state index contributed by atoms with van der Waals surface area (Å²) in [7, 11) is 0. The molecule has 3 N–H and O–H groups in total. The van der Waals surface area contributed by atoms with Gasteiger partial charge in [0.15, 0.2) is 5.11 Å². The molecule has 0 aromatic carbocycles. The molecule has 0 aliphatic rings. The molecule has 0 unspecified atom stereocenters. The van der Waals surface area contributed by atoms with Gasteiger partial charge in [-0.15, -0.1) is 0 Å². The van der Waals surface area contributed by atoms with Gasteiger partial charge in [-0.25, -0.2) is 4.79 Å². The summed E-state index contributed by atoms with van der Waals surface area (Å²) in [6.45, 7) is 2.02. The van der Waals surface area contributed by atoms with Gasteiger partial charge in [0.05, 0.1) is 6.61 Å². The largest absolute Gasteiger partial charge is 0.462 e. The number of nitrogens with two attached hydrogens (primary N) is 1. The topological polar surface area (TPSA) is 76.7 Å². The summed E-state index contributed by atoms with van der Waals surface area (Å²) < 4.78 is 4.51. The molecule has 0 atom stereocenters. The van der Waals surface area contributed by atoms with E-state index >= 15 is 0 Å². The number of carbonyl (C=O) groups excluding carboxylic acids is 1. The van der Waals surface area contributed by atoms with Crippen LogP contribution in [0, 0.1) is 0 Å². The third-order valence-corrected chi connectivity index (χ3v) is 0.723. The minimum absolute atomic E-state index is 0.00514. The van der Waals surface area contributed by atoms with Crippen LogP contribution in [0.5, 0.6) is 0 Å². The van der Waals surface area contributed by atoms with Crippen LogP contribution < -0.4 is 11.2 Å². The van der Waals surface area contributed by atoms with E-state index in [1.165, 1.54) is 0 Å². The Morgan fingerprint density at radius 1 is 1.91 bits per heavy atom. The van der Waals surface area contributed by atoms with E-state index in [9.17, 15) is 4.79 Å². The fourth-order valence-electron chi connectivity index (χ4n) is 0.328. The molecule has 5 nitrogen and oxygen atoms in total. The Morgan fingerprint density at radius 3 is 3.00 bits per heavy atom. The molecule has 0 saturated heterocycles. The number of nitrogens with zero attached hydrogens (tertiary/aromatic N) is 1. The van der Waals surface area contributed by atoms with E-state index in [1.54, 1.807) is 6.92 Å². The predicted molar refractivity (Wildman–Crippen MR) is 45.0 cm³/mol. The Kier molecular flexibility index (Phi) is 5.01. The maximum atomic E-state index is 10.5. The Morgan fingerprint density at radius 2 is 2.55 bits per heavy atom. The van der Waals surface area contributed by atoms with Gasteiger partial charge in [0.1, 0.15) is 6.21 Å². The first kappa shape index (κ1) is 9.83. The van der Waals surface area contributed by atoms with Crippen molar-refractivity contribution in [3.8, 4) is 0 Å². The van der Waals surface area contributed by atoms with Crippen LogP contribution in [0.2, 0.25) is 0 Å². The van der Waals surface area contributed by atoms with Gasteiger partial charge in [0.25, 0.3) is 0 Å². The molecule has 0 spiro atoms.